The molecular formula is C18H31O4+. The number of rotatable bonds is 7. The van der Waals surface area contributed by atoms with Crippen molar-refractivity contribution in [1.82, 2.24) is 0 Å². The second-order valence-corrected chi connectivity index (χ2v) is 9.23. The molecule has 7 atom stereocenters. The molecule has 4 rings (SSSR count). The summed E-state index contributed by atoms with van der Waals surface area (Å²) in [6, 6.07) is 0. The van der Waals surface area contributed by atoms with Crippen LogP contribution in [0.4, 0.5) is 0 Å². The van der Waals surface area contributed by atoms with Gasteiger partial charge in [0.2, 0.25) is 0 Å². The quantitative estimate of drug-likeness (QED) is 0.579. The van der Waals surface area contributed by atoms with Gasteiger partial charge in [0.1, 0.15) is 6.61 Å². The highest BCUT2D eigenvalue weighted by Crippen LogP contribution is 2.91. The van der Waals surface area contributed by atoms with Crippen molar-refractivity contribution < 1.29 is 19.7 Å². The van der Waals surface area contributed by atoms with Crippen LogP contribution in [-0.2, 0) is 9.47 Å². The fourth-order valence-corrected chi connectivity index (χ4v) is 6.38. The molecule has 0 aromatic rings. The van der Waals surface area contributed by atoms with Crippen LogP contribution in [0.5, 0.6) is 0 Å². The molecule has 0 amide bonds. The molecule has 4 saturated carbocycles. The first kappa shape index (κ1) is 15.4. The number of ether oxygens (including phenoxy) is 2. The monoisotopic (exact) mass is 311 g/mol. The van der Waals surface area contributed by atoms with E-state index >= 15 is 0 Å². The van der Waals surface area contributed by atoms with Crippen LogP contribution >= 0.6 is 0 Å². The summed E-state index contributed by atoms with van der Waals surface area (Å²) in [5.74, 6) is 2.80. The van der Waals surface area contributed by atoms with E-state index in [1.54, 1.807) is 0 Å². The van der Waals surface area contributed by atoms with Crippen LogP contribution in [0.1, 0.15) is 53.4 Å². The molecule has 0 aromatic carbocycles. The third-order valence-corrected chi connectivity index (χ3v) is 7.47. The zero-order valence-corrected chi connectivity index (χ0v) is 14.3. The zero-order chi connectivity index (χ0) is 15.9. The molecule has 0 saturated heterocycles. The topological polar surface area (TPSA) is 61.6 Å². The molecule has 4 aliphatic rings. The fraction of sp³-hybridized carbons (Fsp3) is 1.00. The molecule has 0 aliphatic heterocycles. The third kappa shape index (κ3) is 1.78. The van der Waals surface area contributed by atoms with Crippen molar-refractivity contribution in [3.05, 3.63) is 0 Å². The number of hydrogen-bond donors (Lipinski definition) is 1. The van der Waals surface area contributed by atoms with E-state index < -0.39 is 12.6 Å². The number of aliphatic hydroxyl groups excluding tert-OH is 1. The summed E-state index contributed by atoms with van der Waals surface area (Å²) in [6.07, 6.45) is 4.01. The Balaban J connectivity index is 1.36. The maximum atomic E-state index is 9.71. The van der Waals surface area contributed by atoms with E-state index in [9.17, 15) is 5.11 Å². The second-order valence-electron chi connectivity index (χ2n) is 9.23. The van der Waals surface area contributed by atoms with Crippen molar-refractivity contribution in [3.8, 4) is 0 Å². The minimum Gasteiger partial charge on any atom is -0.420 e. The first-order valence-electron chi connectivity index (χ1n) is 8.90. The molecule has 0 radical (unpaired) electrons. The average Bonchev–Trinajstić information content (AvgIpc) is 3.04. The van der Waals surface area contributed by atoms with Crippen LogP contribution < -0.4 is 0 Å². The van der Waals surface area contributed by atoms with Gasteiger partial charge in [-0.3, -0.25) is 0 Å². The summed E-state index contributed by atoms with van der Waals surface area (Å²) < 4.78 is 11.5. The normalized spacial score (nSPS) is 47.3. The van der Waals surface area contributed by atoms with Crippen molar-refractivity contribution in [2.45, 2.75) is 71.6 Å². The number of hydrogen-bond acceptors (Lipinski definition) is 3. The fourth-order valence-electron chi connectivity index (χ4n) is 6.38. The molecule has 1 spiro atoms. The third-order valence-electron chi connectivity index (χ3n) is 7.47. The zero-order valence-electron chi connectivity index (χ0n) is 14.3. The Morgan fingerprint density at radius 3 is 2.59 bits per heavy atom. The molecule has 0 heterocycles. The van der Waals surface area contributed by atoms with Gasteiger partial charge in [-0.25, -0.2) is 0 Å². The van der Waals surface area contributed by atoms with Crippen LogP contribution in [0.3, 0.4) is 0 Å². The molecule has 22 heavy (non-hydrogen) atoms. The molecule has 4 aliphatic carbocycles. The summed E-state index contributed by atoms with van der Waals surface area (Å²) in [7, 11) is 0. The highest BCUT2D eigenvalue weighted by Gasteiger charge is 2.86. The SMILES string of the molecule is CC(C)C(O)OCC([OH2+])OC(C)(C)C12CC3CC4(CC4C1)C32. The van der Waals surface area contributed by atoms with Crippen LogP contribution in [0.15, 0.2) is 0 Å². The Bertz CT molecular complexity index is 476. The highest BCUT2D eigenvalue weighted by molar-refractivity contribution is 5.34. The highest BCUT2D eigenvalue weighted by atomic mass is 16.7. The van der Waals surface area contributed by atoms with E-state index in [4.69, 9.17) is 14.6 Å². The van der Waals surface area contributed by atoms with Crippen LogP contribution in [0.25, 0.3) is 0 Å². The van der Waals surface area contributed by atoms with E-state index in [1.807, 2.05) is 13.8 Å². The molecule has 0 aromatic heterocycles. The smallest absolute Gasteiger partial charge is 0.288 e. The van der Waals surface area contributed by atoms with Gasteiger partial charge in [-0.2, -0.15) is 0 Å². The lowest BCUT2D eigenvalue weighted by molar-refractivity contribution is -0.302. The predicted molar refractivity (Wildman–Crippen MR) is 83.2 cm³/mol. The Hall–Kier alpha value is -0.160. The van der Waals surface area contributed by atoms with Crippen molar-refractivity contribution in [2.24, 2.45) is 34.5 Å². The van der Waals surface area contributed by atoms with Gasteiger partial charge in [0.05, 0.1) is 5.60 Å². The summed E-state index contributed by atoms with van der Waals surface area (Å²) in [5, 5.41) is 17.9. The summed E-state index contributed by atoms with van der Waals surface area (Å²) in [5.41, 5.74) is 0.758. The number of aliphatic hydroxyl groups is 1. The minimum absolute atomic E-state index is 0.0444. The second kappa shape index (κ2) is 4.47. The van der Waals surface area contributed by atoms with Crippen molar-refractivity contribution in [3.63, 3.8) is 0 Å². The summed E-state index contributed by atoms with van der Waals surface area (Å²) in [4.78, 5) is 0. The standard InChI is InChI=1S/C18H30O4/c1-10(2)15(20)21-9-13(19)22-16(3,4)18-6-11-5-17(14(11)18)7-12(17)8-18/h10-15,19-20H,5-9H2,1-4H3/p+1. The van der Waals surface area contributed by atoms with Gasteiger partial charge in [-0.1, -0.05) is 13.8 Å². The summed E-state index contributed by atoms with van der Waals surface area (Å²) in [6.45, 7) is 8.31. The molecule has 4 nitrogen and oxygen atoms in total. The van der Waals surface area contributed by atoms with Crippen molar-refractivity contribution >= 4 is 0 Å². The van der Waals surface area contributed by atoms with E-state index in [0.717, 1.165) is 17.8 Å². The predicted octanol–water partition coefficient (Wildman–Crippen LogP) is 2.26. The van der Waals surface area contributed by atoms with Gasteiger partial charge < -0.3 is 19.7 Å². The van der Waals surface area contributed by atoms with Gasteiger partial charge in [0.25, 0.3) is 6.29 Å². The Morgan fingerprint density at radius 2 is 1.95 bits per heavy atom. The first-order chi connectivity index (χ1) is 10.2. The van der Waals surface area contributed by atoms with E-state index in [-0.39, 0.29) is 18.1 Å². The molecule has 4 heteroatoms. The Kier molecular flexibility index (Phi) is 3.12. The first-order valence-corrected chi connectivity index (χ1v) is 8.90. The Labute approximate surface area is 133 Å². The lowest BCUT2D eigenvalue weighted by atomic mass is 9.38. The van der Waals surface area contributed by atoms with Gasteiger partial charge in [-0.05, 0) is 62.7 Å². The molecular weight excluding hydrogens is 280 g/mol. The largest absolute Gasteiger partial charge is 0.420 e. The van der Waals surface area contributed by atoms with E-state index in [0.29, 0.717) is 10.8 Å². The molecule has 3 N–H and O–H groups in total. The van der Waals surface area contributed by atoms with E-state index in [1.165, 1.54) is 25.7 Å². The van der Waals surface area contributed by atoms with Crippen LogP contribution in [-0.4, -0.2) is 35.0 Å². The average molecular weight is 311 g/mol. The Morgan fingerprint density at radius 1 is 1.23 bits per heavy atom. The molecule has 4 fully saturated rings. The van der Waals surface area contributed by atoms with E-state index in [2.05, 4.69) is 13.8 Å². The maximum absolute atomic E-state index is 9.71. The minimum atomic E-state index is -0.806. The maximum Gasteiger partial charge on any atom is 0.288 e. The van der Waals surface area contributed by atoms with Crippen LogP contribution in [0.2, 0.25) is 0 Å². The van der Waals surface area contributed by atoms with Crippen molar-refractivity contribution in [2.75, 3.05) is 6.61 Å². The van der Waals surface area contributed by atoms with Crippen LogP contribution in [0, 0.1) is 34.5 Å². The lowest BCUT2D eigenvalue weighted by Gasteiger charge is -2.68. The molecule has 0 bridgehead atoms. The van der Waals surface area contributed by atoms with Gasteiger partial charge >= 0.3 is 0 Å². The lowest BCUT2D eigenvalue weighted by Crippen LogP contribution is -2.66. The van der Waals surface area contributed by atoms with Gasteiger partial charge in [0.15, 0.2) is 6.29 Å². The van der Waals surface area contributed by atoms with Gasteiger partial charge in [-0.15, -0.1) is 0 Å². The molecule has 7 unspecified atom stereocenters. The molecule has 126 valence electrons. The van der Waals surface area contributed by atoms with Gasteiger partial charge in [0, 0.05) is 11.3 Å². The summed E-state index contributed by atoms with van der Waals surface area (Å²) >= 11 is 0. The van der Waals surface area contributed by atoms with Crippen molar-refractivity contribution in [1.29, 1.82) is 0 Å².